The monoisotopic (exact) mass is 372 g/mol. The summed E-state index contributed by atoms with van der Waals surface area (Å²) in [6, 6.07) is 15.1. The van der Waals surface area contributed by atoms with Crippen molar-refractivity contribution in [2.45, 2.75) is 38.7 Å². The summed E-state index contributed by atoms with van der Waals surface area (Å²) in [4.78, 5) is 6.01. The van der Waals surface area contributed by atoms with Gasteiger partial charge in [0.25, 0.3) is 0 Å². The fourth-order valence-electron chi connectivity index (χ4n) is 4.95. The molecule has 0 bridgehead atoms. The second-order valence-corrected chi connectivity index (χ2v) is 8.25. The predicted octanol–water partition coefficient (Wildman–Crippen LogP) is 4.70. The molecule has 2 aliphatic rings. The Morgan fingerprint density at radius 1 is 1.07 bits per heavy atom. The lowest BCUT2D eigenvalue weighted by atomic mass is 9.99. The van der Waals surface area contributed by atoms with Crippen molar-refractivity contribution in [2.24, 2.45) is 0 Å². The van der Waals surface area contributed by atoms with E-state index in [-0.39, 0.29) is 6.61 Å². The number of unbranched alkanes of at least 4 members (excludes halogenated alkanes) is 1. The molecule has 3 heteroatoms. The first-order chi connectivity index (χ1) is 13.8. The Morgan fingerprint density at radius 3 is 2.93 bits per heavy atom. The zero-order valence-corrected chi connectivity index (χ0v) is 16.4. The summed E-state index contributed by atoms with van der Waals surface area (Å²) in [6.07, 6.45) is 8.05. The van der Waals surface area contributed by atoms with Crippen molar-refractivity contribution in [3.05, 3.63) is 76.5 Å². The molecule has 3 nitrogen and oxygen atoms in total. The molecule has 0 saturated heterocycles. The molecule has 3 aromatic rings. The number of rotatable bonds is 6. The van der Waals surface area contributed by atoms with E-state index in [4.69, 9.17) is 0 Å². The van der Waals surface area contributed by atoms with E-state index in [1.165, 1.54) is 59.9 Å². The Balaban J connectivity index is 1.15. The van der Waals surface area contributed by atoms with E-state index in [2.05, 4.69) is 52.5 Å². The summed E-state index contributed by atoms with van der Waals surface area (Å²) in [7, 11) is 0. The highest BCUT2D eigenvalue weighted by Gasteiger charge is 2.26. The number of aliphatic hydroxyl groups excluding tert-OH is 1. The minimum absolute atomic E-state index is 0.108. The number of aromatic nitrogens is 1. The van der Waals surface area contributed by atoms with Crippen LogP contribution in [0.5, 0.6) is 0 Å². The highest BCUT2D eigenvalue weighted by atomic mass is 16.3. The number of hydrogen-bond acceptors (Lipinski definition) is 2. The van der Waals surface area contributed by atoms with Gasteiger partial charge < -0.3 is 10.1 Å². The smallest absolute Gasteiger partial charge is 0.0682 e. The molecular weight excluding hydrogens is 344 g/mol. The molecule has 1 aliphatic heterocycles. The number of benzene rings is 2. The normalized spacial score (nSPS) is 16.6. The number of aryl methyl sites for hydroxylation is 1. The highest BCUT2D eigenvalue weighted by Crippen LogP contribution is 2.37. The van der Waals surface area contributed by atoms with E-state index in [0.29, 0.717) is 0 Å². The fraction of sp³-hybridized carbons (Fsp3) is 0.360. The van der Waals surface area contributed by atoms with Crippen LogP contribution in [0.1, 0.15) is 41.5 Å². The molecule has 2 heterocycles. The molecule has 144 valence electrons. The summed E-state index contributed by atoms with van der Waals surface area (Å²) < 4.78 is 0. The van der Waals surface area contributed by atoms with E-state index in [0.717, 1.165) is 24.9 Å². The molecule has 5 rings (SSSR count). The van der Waals surface area contributed by atoms with Crippen LogP contribution in [0.15, 0.2) is 54.2 Å². The summed E-state index contributed by atoms with van der Waals surface area (Å²) in [5.74, 6) is 0. The van der Waals surface area contributed by atoms with Crippen molar-refractivity contribution in [3.8, 4) is 0 Å². The van der Waals surface area contributed by atoms with E-state index in [9.17, 15) is 5.11 Å². The number of aliphatic hydroxyl groups is 1. The van der Waals surface area contributed by atoms with Crippen molar-refractivity contribution in [2.75, 3.05) is 19.6 Å². The Labute approximate surface area is 166 Å². The summed E-state index contributed by atoms with van der Waals surface area (Å²) in [5, 5.41) is 10.7. The average molecular weight is 373 g/mol. The zero-order valence-electron chi connectivity index (χ0n) is 16.4. The topological polar surface area (TPSA) is 39.3 Å². The first-order valence-corrected chi connectivity index (χ1v) is 10.5. The lowest BCUT2D eigenvalue weighted by Crippen LogP contribution is -2.31. The van der Waals surface area contributed by atoms with Crippen molar-refractivity contribution in [3.63, 3.8) is 0 Å². The Bertz CT molecular complexity index is 1030. The van der Waals surface area contributed by atoms with Crippen molar-refractivity contribution < 1.29 is 5.11 Å². The van der Waals surface area contributed by atoms with Gasteiger partial charge in [0.15, 0.2) is 0 Å². The molecule has 0 spiro atoms. The lowest BCUT2D eigenvalue weighted by Gasteiger charge is -2.28. The molecule has 0 unspecified atom stereocenters. The van der Waals surface area contributed by atoms with E-state index in [1.54, 1.807) is 11.1 Å². The molecule has 2 aromatic carbocycles. The molecule has 28 heavy (non-hydrogen) atoms. The first kappa shape index (κ1) is 17.7. The Hall–Kier alpha value is -2.36. The second-order valence-electron chi connectivity index (χ2n) is 8.25. The van der Waals surface area contributed by atoms with Gasteiger partial charge in [0.1, 0.15) is 0 Å². The predicted molar refractivity (Wildman–Crippen MR) is 115 cm³/mol. The standard InChI is InChI=1S/C25H28N2O/c28-17-18-8-9-25-24(13-18)20(15-26-25)6-3-4-11-27-12-10-23-21(16-27)14-19-5-1-2-7-22(19)23/h1-2,5,7-9,13,15,26,28H,3-4,6,10-12,14,16-17H2. The number of aromatic amines is 1. The summed E-state index contributed by atoms with van der Waals surface area (Å²) in [6.45, 7) is 3.64. The molecule has 1 aliphatic carbocycles. The molecule has 2 N–H and O–H groups in total. The summed E-state index contributed by atoms with van der Waals surface area (Å²) >= 11 is 0. The fourth-order valence-corrected chi connectivity index (χ4v) is 4.95. The third-order valence-electron chi connectivity index (χ3n) is 6.45. The van der Waals surface area contributed by atoms with Crippen molar-refractivity contribution in [1.82, 2.24) is 9.88 Å². The maximum absolute atomic E-state index is 9.39. The van der Waals surface area contributed by atoms with E-state index < -0.39 is 0 Å². The quantitative estimate of drug-likeness (QED) is 0.616. The number of fused-ring (bicyclic) bond motifs is 3. The molecule has 0 saturated carbocycles. The van der Waals surface area contributed by atoms with Crippen LogP contribution in [0.3, 0.4) is 0 Å². The van der Waals surface area contributed by atoms with Crippen LogP contribution in [0.25, 0.3) is 16.5 Å². The average Bonchev–Trinajstić information content (AvgIpc) is 3.31. The summed E-state index contributed by atoms with van der Waals surface area (Å²) in [5.41, 5.74) is 9.85. The first-order valence-electron chi connectivity index (χ1n) is 10.5. The number of nitrogens with zero attached hydrogens (tertiary/aromatic N) is 1. The Morgan fingerprint density at radius 2 is 2.00 bits per heavy atom. The number of nitrogens with one attached hydrogen (secondary N) is 1. The van der Waals surface area contributed by atoms with Gasteiger partial charge in [-0.15, -0.1) is 0 Å². The SMILES string of the molecule is OCc1ccc2[nH]cc(CCCCN3CCC4=C(Cc5ccccc54)C3)c2c1. The molecule has 0 fully saturated rings. The Kier molecular flexibility index (Phi) is 4.79. The molecular formula is C25H28N2O. The molecule has 0 amide bonds. The van der Waals surface area contributed by atoms with Crippen molar-refractivity contribution >= 4 is 16.5 Å². The van der Waals surface area contributed by atoms with Gasteiger partial charge in [0.05, 0.1) is 6.61 Å². The van der Waals surface area contributed by atoms with Gasteiger partial charge in [0.2, 0.25) is 0 Å². The van der Waals surface area contributed by atoms with Crippen LogP contribution < -0.4 is 0 Å². The van der Waals surface area contributed by atoms with Gasteiger partial charge in [0, 0.05) is 30.2 Å². The zero-order chi connectivity index (χ0) is 18.9. The minimum atomic E-state index is 0.108. The van der Waals surface area contributed by atoms with Crippen LogP contribution in [0.4, 0.5) is 0 Å². The largest absolute Gasteiger partial charge is 0.392 e. The van der Waals surface area contributed by atoms with Gasteiger partial charge in [-0.1, -0.05) is 30.3 Å². The third kappa shape index (κ3) is 3.30. The molecule has 0 atom stereocenters. The molecule has 0 radical (unpaired) electrons. The number of H-pyrrole nitrogens is 1. The second kappa shape index (κ2) is 7.57. The maximum atomic E-state index is 9.39. The maximum Gasteiger partial charge on any atom is 0.0682 e. The highest BCUT2D eigenvalue weighted by molar-refractivity contribution is 5.83. The van der Waals surface area contributed by atoms with Crippen molar-refractivity contribution in [1.29, 1.82) is 0 Å². The lowest BCUT2D eigenvalue weighted by molar-refractivity contribution is 0.282. The van der Waals surface area contributed by atoms with Gasteiger partial charge in [-0.25, -0.2) is 0 Å². The molecule has 1 aromatic heterocycles. The van der Waals surface area contributed by atoms with Crippen LogP contribution in [0, 0.1) is 0 Å². The number of hydrogen-bond donors (Lipinski definition) is 2. The van der Waals surface area contributed by atoms with Crippen LogP contribution in [0.2, 0.25) is 0 Å². The van der Waals surface area contributed by atoms with Gasteiger partial charge in [-0.05, 0) is 84.2 Å². The van der Waals surface area contributed by atoms with Crippen LogP contribution in [-0.4, -0.2) is 34.6 Å². The van der Waals surface area contributed by atoms with Gasteiger partial charge in [-0.3, -0.25) is 4.90 Å². The van der Waals surface area contributed by atoms with Gasteiger partial charge in [-0.2, -0.15) is 0 Å². The van der Waals surface area contributed by atoms with E-state index in [1.807, 2.05) is 6.07 Å². The van der Waals surface area contributed by atoms with Gasteiger partial charge >= 0.3 is 0 Å². The van der Waals surface area contributed by atoms with Crippen LogP contribution >= 0.6 is 0 Å². The third-order valence-corrected chi connectivity index (χ3v) is 6.45. The van der Waals surface area contributed by atoms with Crippen LogP contribution in [-0.2, 0) is 19.4 Å². The van der Waals surface area contributed by atoms with E-state index >= 15 is 0 Å². The minimum Gasteiger partial charge on any atom is -0.392 e.